The van der Waals surface area contributed by atoms with Gasteiger partial charge >= 0.3 is 5.97 Å². The Kier molecular flexibility index (Phi) is 5.89. The number of rotatable bonds is 4. The summed E-state index contributed by atoms with van der Waals surface area (Å²) in [5, 5.41) is 0.308. The molecule has 1 saturated heterocycles. The van der Waals surface area contributed by atoms with Gasteiger partial charge in [-0.15, -0.1) is 0 Å². The molecule has 160 valence electrons. The van der Waals surface area contributed by atoms with Crippen molar-refractivity contribution in [2.24, 2.45) is 0 Å². The third kappa shape index (κ3) is 4.10. The summed E-state index contributed by atoms with van der Waals surface area (Å²) < 4.78 is 11.4. The largest absolute Gasteiger partial charge is 0.455 e. The summed E-state index contributed by atoms with van der Waals surface area (Å²) in [6.07, 6.45) is 3.01. The van der Waals surface area contributed by atoms with E-state index in [9.17, 15) is 14.4 Å². The smallest absolute Gasteiger partial charge is 0.342 e. The lowest BCUT2D eigenvalue weighted by Gasteiger charge is -2.33. The number of hydrogen-bond acceptors (Lipinski definition) is 5. The van der Waals surface area contributed by atoms with Gasteiger partial charge < -0.3 is 14.1 Å². The van der Waals surface area contributed by atoms with E-state index in [1.807, 2.05) is 37.3 Å². The van der Waals surface area contributed by atoms with Crippen LogP contribution in [0.25, 0.3) is 22.3 Å². The molecular formula is C25H25NO5. The summed E-state index contributed by atoms with van der Waals surface area (Å²) in [6, 6.07) is 14.2. The number of para-hydroxylation sites is 1. The first kappa shape index (κ1) is 20.8. The molecule has 4 rings (SSSR count). The Labute approximate surface area is 180 Å². The molecule has 1 fully saturated rings. The normalized spacial score (nSPS) is 16.3. The van der Waals surface area contributed by atoms with Crippen molar-refractivity contribution in [1.29, 1.82) is 0 Å². The quantitative estimate of drug-likeness (QED) is 0.589. The highest BCUT2D eigenvalue weighted by atomic mass is 16.5. The summed E-state index contributed by atoms with van der Waals surface area (Å²) in [5.41, 5.74) is 1.31. The molecule has 1 amide bonds. The molecule has 1 aromatic heterocycles. The van der Waals surface area contributed by atoms with E-state index >= 15 is 0 Å². The predicted octanol–water partition coefficient (Wildman–Crippen LogP) is 4.33. The Morgan fingerprint density at radius 3 is 2.61 bits per heavy atom. The van der Waals surface area contributed by atoms with Crippen LogP contribution >= 0.6 is 0 Å². The number of esters is 1. The maximum Gasteiger partial charge on any atom is 0.342 e. The number of fused-ring (bicyclic) bond motifs is 1. The number of likely N-dealkylation sites (tertiary alicyclic amines) is 1. The minimum absolute atomic E-state index is 0.131. The van der Waals surface area contributed by atoms with Crippen molar-refractivity contribution >= 4 is 22.8 Å². The number of benzene rings is 2. The fourth-order valence-corrected chi connectivity index (χ4v) is 4.09. The van der Waals surface area contributed by atoms with E-state index in [1.165, 1.54) is 0 Å². The number of amides is 1. The Hall–Kier alpha value is -3.41. The van der Waals surface area contributed by atoms with E-state index in [2.05, 4.69) is 0 Å². The van der Waals surface area contributed by atoms with Gasteiger partial charge in [-0.25, -0.2) is 4.79 Å². The number of nitrogens with zero attached hydrogens (tertiary/aromatic N) is 1. The van der Waals surface area contributed by atoms with E-state index < -0.39 is 5.97 Å². The van der Waals surface area contributed by atoms with Gasteiger partial charge in [0.2, 0.25) is 0 Å². The average Bonchev–Trinajstić information content (AvgIpc) is 2.80. The third-order valence-corrected chi connectivity index (χ3v) is 5.85. The van der Waals surface area contributed by atoms with Gasteiger partial charge in [-0.05, 0) is 45.2 Å². The Balaban J connectivity index is 1.64. The molecule has 2 aromatic carbocycles. The first-order valence-corrected chi connectivity index (χ1v) is 10.6. The molecule has 0 N–H and O–H groups in total. The predicted molar refractivity (Wildman–Crippen MR) is 118 cm³/mol. The second-order valence-corrected chi connectivity index (χ2v) is 7.94. The van der Waals surface area contributed by atoms with Crippen molar-refractivity contribution in [3.63, 3.8) is 0 Å². The molecule has 0 unspecified atom stereocenters. The van der Waals surface area contributed by atoms with Gasteiger partial charge in [-0.2, -0.15) is 0 Å². The number of carbonyl (C=O) groups excluding carboxylic acids is 2. The first-order valence-electron chi connectivity index (χ1n) is 10.6. The van der Waals surface area contributed by atoms with E-state index in [0.717, 1.165) is 24.8 Å². The minimum atomic E-state index is -0.686. The molecule has 0 saturated carbocycles. The highest BCUT2D eigenvalue weighted by Crippen LogP contribution is 2.27. The molecular weight excluding hydrogens is 394 g/mol. The monoisotopic (exact) mass is 419 g/mol. The highest BCUT2D eigenvalue weighted by Gasteiger charge is 2.25. The maximum atomic E-state index is 12.9. The lowest BCUT2D eigenvalue weighted by molar-refractivity contribution is -0.137. The molecule has 1 aliphatic rings. The number of carbonyl (C=O) groups is 2. The van der Waals surface area contributed by atoms with Gasteiger partial charge in [0.1, 0.15) is 11.3 Å². The summed E-state index contributed by atoms with van der Waals surface area (Å²) in [6.45, 7) is 4.06. The van der Waals surface area contributed by atoms with Gasteiger partial charge in [-0.1, -0.05) is 36.4 Å². The molecule has 6 nitrogen and oxygen atoms in total. The van der Waals surface area contributed by atoms with E-state index in [-0.39, 0.29) is 35.1 Å². The number of hydrogen-bond donors (Lipinski definition) is 0. The second kappa shape index (κ2) is 8.76. The summed E-state index contributed by atoms with van der Waals surface area (Å²) in [5.74, 6) is -0.478. The van der Waals surface area contributed by atoms with Crippen LogP contribution in [0.1, 0.15) is 42.1 Å². The van der Waals surface area contributed by atoms with Crippen LogP contribution < -0.4 is 5.43 Å². The highest BCUT2D eigenvalue weighted by molar-refractivity contribution is 6.02. The van der Waals surface area contributed by atoms with Gasteiger partial charge in [0, 0.05) is 23.7 Å². The fourth-order valence-electron chi connectivity index (χ4n) is 4.09. The zero-order chi connectivity index (χ0) is 22.0. The molecule has 0 radical (unpaired) electrons. The van der Waals surface area contributed by atoms with Crippen LogP contribution in [0.4, 0.5) is 0 Å². The minimum Gasteiger partial charge on any atom is -0.455 e. The van der Waals surface area contributed by atoms with Crippen molar-refractivity contribution in [3.05, 3.63) is 69.9 Å². The molecule has 0 spiro atoms. The van der Waals surface area contributed by atoms with Gasteiger partial charge in [0.25, 0.3) is 5.91 Å². The standard InChI is InChI=1S/C25H25NO5/c1-16-9-6-7-14-26(16)21(27)15-30-25(29)20-13-8-12-19-22(28)17(2)23(31-24(19)20)18-10-4-3-5-11-18/h3-5,8,10-13,16H,6-7,9,14-15H2,1-2H3/t16-/m0/s1. The van der Waals surface area contributed by atoms with Crippen LogP contribution in [0.3, 0.4) is 0 Å². The van der Waals surface area contributed by atoms with E-state index in [1.54, 1.807) is 30.0 Å². The summed E-state index contributed by atoms with van der Waals surface area (Å²) in [7, 11) is 0. The van der Waals surface area contributed by atoms with Gasteiger partial charge in [-0.3, -0.25) is 9.59 Å². The molecule has 1 atom stereocenters. The lowest BCUT2D eigenvalue weighted by atomic mass is 10.0. The number of ether oxygens (including phenoxy) is 1. The topological polar surface area (TPSA) is 76.8 Å². The molecule has 6 heteroatoms. The lowest BCUT2D eigenvalue weighted by Crippen LogP contribution is -2.44. The van der Waals surface area contributed by atoms with Crippen molar-refractivity contribution in [1.82, 2.24) is 4.90 Å². The molecule has 0 aliphatic carbocycles. The Bertz CT molecular complexity index is 1180. The van der Waals surface area contributed by atoms with Crippen molar-refractivity contribution in [3.8, 4) is 11.3 Å². The van der Waals surface area contributed by atoms with Gasteiger partial charge in [0.05, 0.1) is 5.39 Å². The zero-order valence-corrected chi connectivity index (χ0v) is 17.7. The maximum absolute atomic E-state index is 12.9. The summed E-state index contributed by atoms with van der Waals surface area (Å²) in [4.78, 5) is 40.0. The molecule has 1 aliphatic heterocycles. The molecule has 0 bridgehead atoms. The van der Waals surface area contributed by atoms with E-state index in [4.69, 9.17) is 9.15 Å². The van der Waals surface area contributed by atoms with Crippen molar-refractivity contribution in [2.45, 2.75) is 39.2 Å². The third-order valence-electron chi connectivity index (χ3n) is 5.85. The van der Waals surface area contributed by atoms with E-state index in [0.29, 0.717) is 23.3 Å². The molecule has 2 heterocycles. The van der Waals surface area contributed by atoms with Crippen LogP contribution in [-0.4, -0.2) is 36.0 Å². The SMILES string of the molecule is Cc1c(-c2ccccc2)oc2c(C(=O)OCC(=O)N3CCCC[C@@H]3C)cccc2c1=O. The molecule has 3 aromatic rings. The second-order valence-electron chi connectivity index (χ2n) is 7.94. The first-order chi connectivity index (χ1) is 15.0. The zero-order valence-electron chi connectivity index (χ0n) is 17.7. The van der Waals surface area contributed by atoms with Crippen molar-refractivity contribution < 1.29 is 18.7 Å². The Morgan fingerprint density at radius 2 is 1.87 bits per heavy atom. The fraction of sp³-hybridized carbons (Fsp3) is 0.320. The Morgan fingerprint density at radius 1 is 1.10 bits per heavy atom. The number of piperidine rings is 1. The van der Waals surface area contributed by atoms with Crippen molar-refractivity contribution in [2.75, 3.05) is 13.2 Å². The molecule has 31 heavy (non-hydrogen) atoms. The van der Waals surface area contributed by atoms with Crippen LogP contribution in [0.2, 0.25) is 0 Å². The van der Waals surface area contributed by atoms with Gasteiger partial charge in [0.15, 0.2) is 17.6 Å². The van der Waals surface area contributed by atoms with Crippen LogP contribution in [-0.2, 0) is 9.53 Å². The van der Waals surface area contributed by atoms with Crippen LogP contribution in [0, 0.1) is 6.92 Å². The van der Waals surface area contributed by atoms with Crippen LogP contribution in [0.15, 0.2) is 57.7 Å². The average molecular weight is 419 g/mol. The van der Waals surface area contributed by atoms with Crippen LogP contribution in [0.5, 0.6) is 0 Å². The summed E-state index contributed by atoms with van der Waals surface area (Å²) >= 11 is 0.